The van der Waals surface area contributed by atoms with Crippen LogP contribution in [0.2, 0.25) is 0 Å². The molecule has 2 fully saturated rings. The van der Waals surface area contributed by atoms with Gasteiger partial charge in [0.05, 0.1) is 30.2 Å². The molecule has 2 aliphatic rings. The normalized spacial score (nSPS) is 24.9. The van der Waals surface area contributed by atoms with Gasteiger partial charge in [0.1, 0.15) is 5.60 Å². The molecule has 0 bridgehead atoms. The number of ether oxygens (including phenoxy) is 3. The van der Waals surface area contributed by atoms with Crippen LogP contribution in [0.3, 0.4) is 0 Å². The molecule has 3 atom stereocenters. The fourth-order valence-electron chi connectivity index (χ4n) is 3.65. The number of hydrogen-bond acceptors (Lipinski definition) is 7. The third-order valence-corrected chi connectivity index (χ3v) is 6.51. The second kappa shape index (κ2) is 9.85. The molecule has 0 aliphatic carbocycles. The highest BCUT2D eigenvalue weighted by Gasteiger charge is 2.40. The Morgan fingerprint density at radius 2 is 1.90 bits per heavy atom. The van der Waals surface area contributed by atoms with E-state index in [2.05, 4.69) is 0 Å². The van der Waals surface area contributed by atoms with Crippen LogP contribution < -0.4 is 0 Å². The van der Waals surface area contributed by atoms with Crippen LogP contribution in [-0.4, -0.2) is 63.2 Å². The fraction of sp³-hybridized carbons (Fsp3) is 0.682. The zero-order valence-electron chi connectivity index (χ0n) is 18.7. The van der Waals surface area contributed by atoms with Crippen molar-refractivity contribution in [2.24, 2.45) is 0 Å². The number of carbonyl (C=O) groups is 1. The van der Waals surface area contributed by atoms with Gasteiger partial charge in [0.25, 0.3) is 10.1 Å². The molecule has 0 spiro atoms. The average Bonchev–Trinajstić information content (AvgIpc) is 3.09. The van der Waals surface area contributed by atoms with Crippen LogP contribution >= 0.6 is 0 Å². The van der Waals surface area contributed by atoms with Crippen molar-refractivity contribution in [2.75, 3.05) is 19.8 Å². The molecule has 0 aromatic heterocycles. The van der Waals surface area contributed by atoms with Crippen molar-refractivity contribution in [3.05, 3.63) is 29.8 Å². The standard InChI is InChI=1S/C22H33NO7S/c1-16-8-10-19(11-9-16)31(25,26)28-15-17-13-18(29-20-7-5-6-12-27-20)14-23(17)21(24)30-22(2,3)4/h8-11,17-18,20H,5-7,12-15H2,1-4H3/t17-,18+,20?/m1/s1. The van der Waals surface area contributed by atoms with E-state index in [0.29, 0.717) is 19.6 Å². The molecule has 2 aliphatic heterocycles. The highest BCUT2D eigenvalue weighted by molar-refractivity contribution is 7.86. The highest BCUT2D eigenvalue weighted by Crippen LogP contribution is 2.27. The van der Waals surface area contributed by atoms with Crippen LogP contribution in [0.5, 0.6) is 0 Å². The Balaban J connectivity index is 1.67. The lowest BCUT2D eigenvalue weighted by molar-refractivity contribution is -0.185. The predicted molar refractivity (Wildman–Crippen MR) is 114 cm³/mol. The lowest BCUT2D eigenvalue weighted by atomic mass is 10.2. The van der Waals surface area contributed by atoms with E-state index in [1.165, 1.54) is 17.0 Å². The Morgan fingerprint density at radius 1 is 1.19 bits per heavy atom. The maximum atomic E-state index is 12.8. The summed E-state index contributed by atoms with van der Waals surface area (Å²) in [4.78, 5) is 14.3. The molecule has 31 heavy (non-hydrogen) atoms. The van der Waals surface area contributed by atoms with Crippen molar-refractivity contribution < 1.29 is 31.6 Å². The van der Waals surface area contributed by atoms with Gasteiger partial charge in [-0.2, -0.15) is 8.42 Å². The molecule has 0 radical (unpaired) electrons. The van der Waals surface area contributed by atoms with Gasteiger partial charge in [0.2, 0.25) is 0 Å². The minimum atomic E-state index is -3.94. The molecule has 0 saturated carbocycles. The van der Waals surface area contributed by atoms with E-state index in [-0.39, 0.29) is 23.9 Å². The van der Waals surface area contributed by atoms with Crippen LogP contribution in [0.25, 0.3) is 0 Å². The van der Waals surface area contributed by atoms with Gasteiger partial charge in [-0.05, 0) is 65.5 Å². The molecule has 2 saturated heterocycles. The minimum absolute atomic E-state index is 0.0864. The first-order valence-corrected chi connectivity index (χ1v) is 12.2. The lowest BCUT2D eigenvalue weighted by Crippen LogP contribution is -2.42. The number of hydrogen-bond donors (Lipinski definition) is 0. The van der Waals surface area contributed by atoms with Gasteiger partial charge in [-0.3, -0.25) is 4.18 Å². The Kier molecular flexibility index (Phi) is 7.62. The number of nitrogens with zero attached hydrogens (tertiary/aromatic N) is 1. The number of carbonyl (C=O) groups excluding carboxylic acids is 1. The lowest BCUT2D eigenvalue weighted by Gasteiger charge is -2.28. The van der Waals surface area contributed by atoms with E-state index in [0.717, 1.165) is 24.8 Å². The summed E-state index contributed by atoms with van der Waals surface area (Å²) in [5, 5.41) is 0. The highest BCUT2D eigenvalue weighted by atomic mass is 32.2. The first-order valence-electron chi connectivity index (χ1n) is 10.8. The average molecular weight is 456 g/mol. The molecule has 3 rings (SSSR count). The Hall–Kier alpha value is -1.68. The van der Waals surface area contributed by atoms with Gasteiger partial charge >= 0.3 is 6.09 Å². The monoisotopic (exact) mass is 455 g/mol. The number of likely N-dealkylation sites (tertiary alicyclic amines) is 1. The van der Waals surface area contributed by atoms with E-state index in [4.69, 9.17) is 18.4 Å². The SMILES string of the molecule is Cc1ccc(S(=O)(=O)OC[C@H]2C[C@H](OC3CCCCO3)CN2C(=O)OC(C)(C)C)cc1. The van der Waals surface area contributed by atoms with Gasteiger partial charge < -0.3 is 19.1 Å². The van der Waals surface area contributed by atoms with Gasteiger partial charge in [0.15, 0.2) is 6.29 Å². The van der Waals surface area contributed by atoms with Crippen molar-refractivity contribution in [3.8, 4) is 0 Å². The minimum Gasteiger partial charge on any atom is -0.444 e. The van der Waals surface area contributed by atoms with Crippen molar-refractivity contribution >= 4 is 16.2 Å². The van der Waals surface area contributed by atoms with Crippen molar-refractivity contribution in [1.82, 2.24) is 4.90 Å². The Bertz CT molecular complexity index is 842. The van der Waals surface area contributed by atoms with Crippen molar-refractivity contribution in [1.29, 1.82) is 0 Å². The molecule has 1 aromatic carbocycles. The second-order valence-electron chi connectivity index (χ2n) is 9.13. The summed E-state index contributed by atoms with van der Waals surface area (Å²) in [6, 6.07) is 5.97. The zero-order valence-corrected chi connectivity index (χ0v) is 19.5. The van der Waals surface area contributed by atoms with Crippen LogP contribution in [0.4, 0.5) is 4.79 Å². The summed E-state index contributed by atoms with van der Waals surface area (Å²) >= 11 is 0. The van der Waals surface area contributed by atoms with E-state index in [1.54, 1.807) is 32.9 Å². The van der Waals surface area contributed by atoms with Crippen molar-refractivity contribution in [2.45, 2.75) is 82.3 Å². The molecule has 1 aromatic rings. The van der Waals surface area contributed by atoms with Crippen LogP contribution in [-0.2, 0) is 28.5 Å². The molecule has 9 heteroatoms. The van der Waals surface area contributed by atoms with Gasteiger partial charge in [0, 0.05) is 6.61 Å². The maximum absolute atomic E-state index is 12.8. The maximum Gasteiger partial charge on any atom is 0.410 e. The third-order valence-electron chi connectivity index (χ3n) is 5.21. The second-order valence-corrected chi connectivity index (χ2v) is 10.7. The fourth-order valence-corrected chi connectivity index (χ4v) is 4.59. The summed E-state index contributed by atoms with van der Waals surface area (Å²) in [7, 11) is -3.94. The number of benzene rings is 1. The Labute approximate surface area is 184 Å². The van der Waals surface area contributed by atoms with Gasteiger partial charge in [-0.1, -0.05) is 17.7 Å². The summed E-state index contributed by atoms with van der Waals surface area (Å²) < 4.78 is 47.7. The largest absolute Gasteiger partial charge is 0.444 e. The van der Waals surface area contributed by atoms with Crippen molar-refractivity contribution in [3.63, 3.8) is 0 Å². The topological polar surface area (TPSA) is 91.4 Å². The molecule has 0 N–H and O–H groups in total. The van der Waals surface area contributed by atoms with Crippen LogP contribution in [0.15, 0.2) is 29.2 Å². The van der Waals surface area contributed by atoms with E-state index >= 15 is 0 Å². The first-order chi connectivity index (χ1) is 14.5. The summed E-state index contributed by atoms with van der Waals surface area (Å²) in [5.74, 6) is 0. The van der Waals surface area contributed by atoms with E-state index < -0.39 is 27.9 Å². The molecular formula is C22H33NO7S. The number of amides is 1. The summed E-state index contributed by atoms with van der Waals surface area (Å²) in [5.41, 5.74) is 0.290. The quantitative estimate of drug-likeness (QED) is 0.605. The summed E-state index contributed by atoms with van der Waals surface area (Å²) in [6.45, 7) is 8.04. The molecule has 1 unspecified atom stereocenters. The third kappa shape index (κ3) is 6.90. The zero-order chi connectivity index (χ0) is 22.6. The smallest absolute Gasteiger partial charge is 0.410 e. The molecule has 1 amide bonds. The van der Waals surface area contributed by atoms with E-state index in [9.17, 15) is 13.2 Å². The summed E-state index contributed by atoms with van der Waals surface area (Å²) in [6.07, 6.45) is 2.23. The van der Waals surface area contributed by atoms with E-state index in [1.807, 2.05) is 6.92 Å². The van der Waals surface area contributed by atoms with Crippen LogP contribution in [0.1, 0.15) is 52.0 Å². The molecular weight excluding hydrogens is 422 g/mol. The number of aryl methyl sites for hydroxylation is 1. The first kappa shape index (κ1) is 24.0. The van der Waals surface area contributed by atoms with Gasteiger partial charge in [-0.15, -0.1) is 0 Å². The Morgan fingerprint density at radius 3 is 2.52 bits per heavy atom. The predicted octanol–water partition coefficient (Wildman–Crippen LogP) is 3.62. The molecule has 8 nitrogen and oxygen atoms in total. The van der Waals surface area contributed by atoms with Gasteiger partial charge in [-0.25, -0.2) is 4.79 Å². The number of rotatable bonds is 6. The molecule has 174 valence electrons. The van der Waals surface area contributed by atoms with Crippen LogP contribution in [0, 0.1) is 6.92 Å². The molecule has 2 heterocycles.